The number of amides is 1. The van der Waals surface area contributed by atoms with Crippen molar-refractivity contribution in [2.75, 3.05) is 13.7 Å². The minimum absolute atomic E-state index is 0.000810. The molecule has 1 aromatic carbocycles. The van der Waals surface area contributed by atoms with Crippen molar-refractivity contribution in [2.24, 2.45) is 5.92 Å². The van der Waals surface area contributed by atoms with Crippen LogP contribution in [0, 0.1) is 5.92 Å². The van der Waals surface area contributed by atoms with Crippen molar-refractivity contribution in [3.63, 3.8) is 0 Å². The third kappa shape index (κ3) is 5.77. The highest BCUT2D eigenvalue weighted by molar-refractivity contribution is 7.89. The molecule has 1 fully saturated rings. The minimum Gasteiger partial charge on any atom is -0.463 e. The molecule has 1 atom stereocenters. The summed E-state index contributed by atoms with van der Waals surface area (Å²) in [6, 6.07) is 12.4. The van der Waals surface area contributed by atoms with Gasteiger partial charge >= 0.3 is 5.97 Å². The molecule has 1 amide bonds. The molecule has 0 aliphatic heterocycles. The Labute approximate surface area is 204 Å². The molecule has 2 heterocycles. The number of hydrogen-bond donors (Lipinski definition) is 1. The van der Waals surface area contributed by atoms with Gasteiger partial charge in [-0.1, -0.05) is 12.1 Å². The minimum atomic E-state index is -3.75. The van der Waals surface area contributed by atoms with Crippen LogP contribution in [0.4, 0.5) is 0 Å². The van der Waals surface area contributed by atoms with Gasteiger partial charge in [-0.2, -0.15) is 0 Å². The molecule has 1 N–H and O–H groups in total. The highest BCUT2D eigenvalue weighted by atomic mass is 32.2. The third-order valence-electron chi connectivity index (χ3n) is 5.95. The van der Waals surface area contributed by atoms with Gasteiger partial charge in [0.2, 0.25) is 15.8 Å². The van der Waals surface area contributed by atoms with Crippen LogP contribution in [0.25, 0.3) is 0 Å². The van der Waals surface area contributed by atoms with Gasteiger partial charge in [-0.05, 0) is 62.1 Å². The third-order valence-corrected chi connectivity index (χ3v) is 7.37. The van der Waals surface area contributed by atoms with E-state index in [4.69, 9.17) is 9.15 Å². The fourth-order valence-corrected chi connectivity index (χ4v) is 4.84. The van der Waals surface area contributed by atoms with Crippen LogP contribution < -0.4 is 4.72 Å². The number of nitrogens with zero attached hydrogens (tertiary/aromatic N) is 2. The molecule has 1 saturated carbocycles. The molecule has 0 unspecified atom stereocenters. The number of esters is 1. The molecule has 4 rings (SSSR count). The zero-order chi connectivity index (χ0) is 25.0. The van der Waals surface area contributed by atoms with Crippen LogP contribution in [0.3, 0.4) is 0 Å². The van der Waals surface area contributed by atoms with Crippen molar-refractivity contribution in [2.45, 2.75) is 37.2 Å². The van der Waals surface area contributed by atoms with E-state index in [1.54, 1.807) is 36.5 Å². The predicted octanol–water partition coefficient (Wildman–Crippen LogP) is 3.55. The van der Waals surface area contributed by atoms with Crippen LogP contribution >= 0.6 is 0 Å². The van der Waals surface area contributed by atoms with E-state index in [1.165, 1.54) is 30.4 Å². The number of ether oxygens (including phenoxy) is 1. The SMILES string of the molecule is COC(=O)c1occc1CN(C(=O)c1cccc(S(=O)(=O)NCC2CC2)c1)[C@@H](C)c1ccccn1. The number of carbonyl (C=O) groups is 2. The lowest BCUT2D eigenvalue weighted by Crippen LogP contribution is -2.34. The lowest BCUT2D eigenvalue weighted by atomic mass is 10.1. The molecule has 10 heteroatoms. The fourth-order valence-electron chi connectivity index (χ4n) is 3.68. The maximum atomic E-state index is 13.7. The number of aromatic nitrogens is 1. The van der Waals surface area contributed by atoms with Gasteiger partial charge in [0.05, 0.1) is 36.5 Å². The summed E-state index contributed by atoms with van der Waals surface area (Å²) in [7, 11) is -2.50. The second-order valence-corrected chi connectivity index (χ2v) is 10.2. The van der Waals surface area contributed by atoms with E-state index in [1.807, 2.05) is 13.0 Å². The summed E-state index contributed by atoms with van der Waals surface area (Å²) in [6.45, 7) is 2.23. The molecule has 0 spiro atoms. The quantitative estimate of drug-likeness (QED) is 0.426. The van der Waals surface area contributed by atoms with Gasteiger partial charge in [0.1, 0.15) is 0 Å². The Hall–Kier alpha value is -3.50. The Balaban J connectivity index is 1.66. The normalized spacial score (nSPS) is 14.3. The Morgan fingerprint density at radius 3 is 2.69 bits per heavy atom. The molecule has 1 aliphatic rings. The van der Waals surface area contributed by atoms with Crippen molar-refractivity contribution >= 4 is 21.9 Å². The number of methoxy groups -OCH3 is 1. The number of carbonyl (C=O) groups excluding carboxylic acids is 2. The summed E-state index contributed by atoms with van der Waals surface area (Å²) in [5.41, 5.74) is 1.30. The summed E-state index contributed by atoms with van der Waals surface area (Å²) in [4.78, 5) is 31.8. The maximum absolute atomic E-state index is 13.7. The average Bonchev–Trinajstić information content (AvgIpc) is 3.61. The smallest absolute Gasteiger partial charge is 0.374 e. The summed E-state index contributed by atoms with van der Waals surface area (Å²) in [5.74, 6) is -0.695. The summed E-state index contributed by atoms with van der Waals surface area (Å²) in [5, 5.41) is 0. The zero-order valence-electron chi connectivity index (χ0n) is 19.5. The van der Waals surface area contributed by atoms with E-state index >= 15 is 0 Å². The van der Waals surface area contributed by atoms with Crippen molar-refractivity contribution in [3.8, 4) is 0 Å². The Morgan fingerprint density at radius 2 is 2.00 bits per heavy atom. The van der Waals surface area contributed by atoms with E-state index in [0.29, 0.717) is 23.7 Å². The molecule has 0 saturated heterocycles. The standard InChI is InChI=1S/C25H27N3O6S/c1-17(22-8-3-4-12-26-22)28(16-20-11-13-34-23(20)25(30)33-2)24(29)19-6-5-7-21(14-19)35(31,32)27-15-18-9-10-18/h3-8,11-14,17-18,27H,9-10,15-16H2,1-2H3/t17-/m0/s1. The number of hydrogen-bond acceptors (Lipinski definition) is 7. The Morgan fingerprint density at radius 1 is 1.20 bits per heavy atom. The number of rotatable bonds is 10. The summed E-state index contributed by atoms with van der Waals surface area (Å²) >= 11 is 0. The van der Waals surface area contributed by atoms with Gasteiger partial charge in [-0.15, -0.1) is 0 Å². The van der Waals surface area contributed by atoms with Gasteiger partial charge in [-0.25, -0.2) is 17.9 Å². The molecule has 9 nitrogen and oxygen atoms in total. The number of sulfonamides is 1. The molecule has 35 heavy (non-hydrogen) atoms. The molecular formula is C25H27N3O6S. The topological polar surface area (TPSA) is 119 Å². The largest absolute Gasteiger partial charge is 0.463 e. The maximum Gasteiger partial charge on any atom is 0.374 e. The van der Waals surface area contributed by atoms with Crippen LogP contribution in [0.5, 0.6) is 0 Å². The highest BCUT2D eigenvalue weighted by Gasteiger charge is 2.29. The molecule has 3 aromatic rings. The van der Waals surface area contributed by atoms with Gasteiger partial charge in [-0.3, -0.25) is 9.78 Å². The number of nitrogens with one attached hydrogen (secondary N) is 1. The van der Waals surface area contributed by atoms with Crippen LogP contribution in [-0.4, -0.2) is 43.8 Å². The first-order valence-corrected chi connectivity index (χ1v) is 12.7. The second kappa shape index (κ2) is 10.4. The van der Waals surface area contributed by atoms with E-state index in [9.17, 15) is 18.0 Å². The lowest BCUT2D eigenvalue weighted by Gasteiger charge is -2.29. The number of furan rings is 1. The first kappa shape index (κ1) is 24.6. The first-order chi connectivity index (χ1) is 16.8. The van der Waals surface area contributed by atoms with E-state index in [0.717, 1.165) is 12.8 Å². The number of pyridine rings is 1. The van der Waals surface area contributed by atoms with Gasteiger partial charge in [0.15, 0.2) is 0 Å². The molecule has 184 valence electrons. The molecule has 2 aromatic heterocycles. The molecule has 0 radical (unpaired) electrons. The Bertz CT molecular complexity index is 1300. The highest BCUT2D eigenvalue weighted by Crippen LogP contribution is 2.29. The van der Waals surface area contributed by atoms with Gasteiger partial charge in [0.25, 0.3) is 5.91 Å². The molecule has 0 bridgehead atoms. The van der Waals surface area contributed by atoms with E-state index in [2.05, 4.69) is 9.71 Å². The predicted molar refractivity (Wildman–Crippen MR) is 127 cm³/mol. The van der Waals surface area contributed by atoms with Crippen molar-refractivity contribution in [1.82, 2.24) is 14.6 Å². The van der Waals surface area contributed by atoms with Gasteiger partial charge < -0.3 is 14.1 Å². The summed E-state index contributed by atoms with van der Waals surface area (Å²) < 4.78 is 38.2. The van der Waals surface area contributed by atoms with E-state index in [-0.39, 0.29) is 22.8 Å². The monoisotopic (exact) mass is 497 g/mol. The fraction of sp³-hybridized carbons (Fsp3) is 0.320. The van der Waals surface area contributed by atoms with Crippen molar-refractivity contribution in [3.05, 3.63) is 83.6 Å². The molecular weight excluding hydrogens is 470 g/mol. The van der Waals surface area contributed by atoms with Crippen LogP contribution in [0.15, 0.2) is 70.3 Å². The van der Waals surface area contributed by atoms with E-state index < -0.39 is 27.9 Å². The average molecular weight is 498 g/mol. The van der Waals surface area contributed by atoms with Crippen molar-refractivity contribution in [1.29, 1.82) is 0 Å². The van der Waals surface area contributed by atoms with Crippen LogP contribution in [0.2, 0.25) is 0 Å². The zero-order valence-corrected chi connectivity index (χ0v) is 20.3. The first-order valence-electron chi connectivity index (χ1n) is 11.3. The lowest BCUT2D eigenvalue weighted by molar-refractivity contribution is 0.0552. The Kier molecular flexibility index (Phi) is 7.32. The van der Waals surface area contributed by atoms with Crippen molar-refractivity contribution < 1.29 is 27.2 Å². The second-order valence-electron chi connectivity index (χ2n) is 8.45. The van der Waals surface area contributed by atoms with Crippen LogP contribution in [-0.2, 0) is 21.3 Å². The molecule has 1 aliphatic carbocycles. The van der Waals surface area contributed by atoms with Crippen LogP contribution in [0.1, 0.15) is 58.0 Å². The van der Waals surface area contributed by atoms with Gasteiger partial charge in [0, 0.05) is 23.9 Å². The number of benzene rings is 1. The summed E-state index contributed by atoms with van der Waals surface area (Å²) in [6.07, 6.45) is 5.02.